The fourth-order valence-electron chi connectivity index (χ4n) is 1.84. The lowest BCUT2D eigenvalue weighted by molar-refractivity contribution is 0.0967. The molecule has 1 aliphatic carbocycles. The summed E-state index contributed by atoms with van der Waals surface area (Å²) in [6.07, 6.45) is 2.12. The summed E-state index contributed by atoms with van der Waals surface area (Å²) in [7, 11) is 1.66. The maximum absolute atomic E-state index is 11.9. The molecule has 1 aromatic carbocycles. The van der Waals surface area contributed by atoms with Gasteiger partial charge in [-0.1, -0.05) is 0 Å². The molecule has 0 amide bonds. The molecule has 2 nitrogen and oxygen atoms in total. The number of rotatable bonds is 3. The molecule has 2 rings (SSSR count). The number of carbonyl (C=O) groups excluding carboxylic acids is 1. The molecule has 0 N–H and O–H groups in total. The minimum absolute atomic E-state index is 0.288. The lowest BCUT2D eigenvalue weighted by Gasteiger charge is -2.10. The van der Waals surface area contributed by atoms with Gasteiger partial charge in [-0.15, -0.1) is 0 Å². The maximum Gasteiger partial charge on any atom is 0.166 e. The van der Waals surface area contributed by atoms with Gasteiger partial charge in [0.05, 0.1) is 7.11 Å². The smallest absolute Gasteiger partial charge is 0.166 e. The predicted octanol–water partition coefficient (Wildman–Crippen LogP) is 2.90. The number of methoxy groups -OCH3 is 1. The summed E-state index contributed by atoms with van der Waals surface area (Å²) in [5.41, 5.74) is 2.93. The molecule has 0 atom stereocenters. The van der Waals surface area contributed by atoms with Crippen molar-refractivity contribution in [2.45, 2.75) is 26.7 Å². The highest BCUT2D eigenvalue weighted by Crippen LogP contribution is 2.34. The van der Waals surface area contributed by atoms with Crippen molar-refractivity contribution in [2.75, 3.05) is 7.11 Å². The first-order valence-electron chi connectivity index (χ1n) is 5.33. The lowest BCUT2D eigenvalue weighted by Crippen LogP contribution is -2.05. The van der Waals surface area contributed by atoms with E-state index in [0.29, 0.717) is 5.78 Å². The largest absolute Gasteiger partial charge is 0.496 e. The summed E-state index contributed by atoms with van der Waals surface area (Å²) in [6, 6.07) is 3.90. The number of aryl methyl sites for hydroxylation is 2. The molecule has 0 heterocycles. The van der Waals surface area contributed by atoms with E-state index < -0.39 is 0 Å². The van der Waals surface area contributed by atoms with Crippen molar-refractivity contribution in [3.63, 3.8) is 0 Å². The van der Waals surface area contributed by atoms with Crippen LogP contribution >= 0.6 is 0 Å². The Morgan fingerprint density at radius 1 is 1.27 bits per heavy atom. The summed E-state index contributed by atoms with van der Waals surface area (Å²) in [4.78, 5) is 11.9. The molecule has 80 valence electrons. The van der Waals surface area contributed by atoms with Gasteiger partial charge in [0.25, 0.3) is 0 Å². The standard InChI is InChI=1S/C13H16O2/c1-8-7-12(15-3)9(2)6-11(8)13(14)10-4-5-10/h6-7,10H,4-5H2,1-3H3. The van der Waals surface area contributed by atoms with Crippen molar-refractivity contribution in [3.8, 4) is 5.75 Å². The molecule has 0 aliphatic heterocycles. The molecule has 0 radical (unpaired) electrons. The van der Waals surface area contributed by atoms with Gasteiger partial charge in [0.2, 0.25) is 0 Å². The van der Waals surface area contributed by atoms with Gasteiger partial charge in [0.15, 0.2) is 5.78 Å². The Hall–Kier alpha value is -1.31. The first kappa shape index (κ1) is 10.2. The summed E-state index contributed by atoms with van der Waals surface area (Å²) in [6.45, 7) is 3.94. The molecule has 0 unspecified atom stereocenters. The van der Waals surface area contributed by atoms with E-state index in [-0.39, 0.29) is 5.92 Å². The maximum atomic E-state index is 11.9. The van der Waals surface area contributed by atoms with Crippen molar-refractivity contribution in [1.82, 2.24) is 0 Å². The number of ether oxygens (including phenoxy) is 1. The first-order chi connectivity index (χ1) is 7.13. The molecule has 15 heavy (non-hydrogen) atoms. The van der Waals surface area contributed by atoms with Crippen molar-refractivity contribution >= 4 is 5.78 Å². The molecule has 1 aliphatic rings. The molecule has 1 fully saturated rings. The van der Waals surface area contributed by atoms with E-state index in [9.17, 15) is 4.79 Å². The Morgan fingerprint density at radius 3 is 2.47 bits per heavy atom. The fraction of sp³-hybridized carbons (Fsp3) is 0.462. The van der Waals surface area contributed by atoms with Crippen LogP contribution in [0, 0.1) is 19.8 Å². The van der Waals surface area contributed by atoms with E-state index in [4.69, 9.17) is 4.74 Å². The van der Waals surface area contributed by atoms with Gasteiger partial charge in [-0.05, 0) is 49.9 Å². The Kier molecular flexibility index (Phi) is 2.51. The van der Waals surface area contributed by atoms with E-state index in [1.807, 2.05) is 26.0 Å². The molecule has 0 bridgehead atoms. The van der Waals surface area contributed by atoms with Gasteiger partial charge >= 0.3 is 0 Å². The Balaban J connectivity index is 2.39. The van der Waals surface area contributed by atoms with Crippen LogP contribution in [0.1, 0.15) is 34.3 Å². The zero-order chi connectivity index (χ0) is 11.0. The number of hydrogen-bond donors (Lipinski definition) is 0. The fourth-order valence-corrected chi connectivity index (χ4v) is 1.84. The number of benzene rings is 1. The highest BCUT2D eigenvalue weighted by atomic mass is 16.5. The Morgan fingerprint density at radius 2 is 1.93 bits per heavy atom. The third-order valence-corrected chi connectivity index (χ3v) is 2.96. The van der Waals surface area contributed by atoms with Crippen LogP contribution in [-0.2, 0) is 0 Å². The molecule has 0 spiro atoms. The summed E-state index contributed by atoms with van der Waals surface area (Å²) in [5.74, 6) is 1.45. The number of Topliss-reactive ketones (excluding diaryl/α,β-unsaturated/α-hetero) is 1. The van der Waals surface area contributed by atoms with E-state index >= 15 is 0 Å². The van der Waals surface area contributed by atoms with E-state index in [2.05, 4.69) is 0 Å². The van der Waals surface area contributed by atoms with Crippen molar-refractivity contribution in [3.05, 3.63) is 28.8 Å². The lowest BCUT2D eigenvalue weighted by atomic mass is 9.99. The second kappa shape index (κ2) is 3.69. The zero-order valence-electron chi connectivity index (χ0n) is 9.46. The molecule has 0 aromatic heterocycles. The highest BCUT2D eigenvalue weighted by molar-refractivity contribution is 6.00. The zero-order valence-corrected chi connectivity index (χ0v) is 9.46. The van der Waals surface area contributed by atoms with E-state index in [1.165, 1.54) is 0 Å². The minimum Gasteiger partial charge on any atom is -0.496 e. The van der Waals surface area contributed by atoms with Gasteiger partial charge < -0.3 is 4.74 Å². The van der Waals surface area contributed by atoms with Crippen LogP contribution in [0.5, 0.6) is 5.75 Å². The van der Waals surface area contributed by atoms with Gasteiger partial charge in [-0.25, -0.2) is 0 Å². The summed E-state index contributed by atoms with van der Waals surface area (Å²) in [5, 5.41) is 0. The molecule has 1 aromatic rings. The molecule has 2 heteroatoms. The van der Waals surface area contributed by atoms with Crippen molar-refractivity contribution in [1.29, 1.82) is 0 Å². The number of hydrogen-bond acceptors (Lipinski definition) is 2. The van der Waals surface area contributed by atoms with Gasteiger partial charge in [0, 0.05) is 11.5 Å². The van der Waals surface area contributed by atoms with Crippen LogP contribution in [-0.4, -0.2) is 12.9 Å². The quantitative estimate of drug-likeness (QED) is 0.708. The molecular formula is C13H16O2. The molecule has 0 saturated heterocycles. The average Bonchev–Trinajstić information content (AvgIpc) is 3.03. The van der Waals surface area contributed by atoms with Crippen molar-refractivity contribution < 1.29 is 9.53 Å². The Bertz CT molecular complexity index is 403. The van der Waals surface area contributed by atoms with E-state index in [0.717, 1.165) is 35.3 Å². The first-order valence-corrected chi connectivity index (χ1v) is 5.33. The second-order valence-electron chi connectivity index (χ2n) is 4.28. The number of carbonyl (C=O) groups is 1. The SMILES string of the molecule is COc1cc(C)c(C(=O)C2CC2)cc1C. The summed E-state index contributed by atoms with van der Waals surface area (Å²) >= 11 is 0. The van der Waals surface area contributed by atoms with Crippen LogP contribution < -0.4 is 4.74 Å². The van der Waals surface area contributed by atoms with Gasteiger partial charge in [0.1, 0.15) is 5.75 Å². The molecule has 1 saturated carbocycles. The normalized spacial score (nSPS) is 15.1. The Labute approximate surface area is 90.3 Å². The average molecular weight is 204 g/mol. The van der Waals surface area contributed by atoms with Crippen LogP contribution in [0.2, 0.25) is 0 Å². The third-order valence-electron chi connectivity index (χ3n) is 2.96. The van der Waals surface area contributed by atoms with Crippen LogP contribution in [0.3, 0.4) is 0 Å². The topological polar surface area (TPSA) is 26.3 Å². The second-order valence-corrected chi connectivity index (χ2v) is 4.28. The van der Waals surface area contributed by atoms with Crippen molar-refractivity contribution in [2.24, 2.45) is 5.92 Å². The van der Waals surface area contributed by atoms with Crippen LogP contribution in [0.25, 0.3) is 0 Å². The van der Waals surface area contributed by atoms with Crippen LogP contribution in [0.15, 0.2) is 12.1 Å². The monoisotopic (exact) mass is 204 g/mol. The highest BCUT2D eigenvalue weighted by Gasteiger charge is 2.31. The number of ketones is 1. The summed E-state index contributed by atoms with van der Waals surface area (Å²) < 4.78 is 5.23. The third kappa shape index (κ3) is 1.89. The molecular weight excluding hydrogens is 188 g/mol. The van der Waals surface area contributed by atoms with Gasteiger partial charge in [-0.2, -0.15) is 0 Å². The predicted molar refractivity (Wildman–Crippen MR) is 59.5 cm³/mol. The van der Waals surface area contributed by atoms with Gasteiger partial charge in [-0.3, -0.25) is 4.79 Å². The van der Waals surface area contributed by atoms with E-state index in [1.54, 1.807) is 7.11 Å². The minimum atomic E-state index is 0.288. The van der Waals surface area contributed by atoms with Crippen LogP contribution in [0.4, 0.5) is 0 Å².